The maximum Gasteiger partial charge on any atom is 0.296 e. The van der Waals surface area contributed by atoms with Gasteiger partial charge in [-0.25, -0.2) is 0 Å². The van der Waals surface area contributed by atoms with Crippen molar-refractivity contribution in [3.05, 3.63) is 46.0 Å². The quantitative estimate of drug-likeness (QED) is 0.615. The van der Waals surface area contributed by atoms with E-state index in [1.807, 2.05) is 19.1 Å². The van der Waals surface area contributed by atoms with Gasteiger partial charge in [-0.15, -0.1) is 0 Å². The summed E-state index contributed by atoms with van der Waals surface area (Å²) >= 11 is 0. The maximum atomic E-state index is 12.0. The minimum atomic E-state index is -0.472. The third-order valence-electron chi connectivity index (χ3n) is 4.57. The van der Waals surface area contributed by atoms with Crippen LogP contribution in [0.25, 0.3) is 0 Å². The fourth-order valence-electron chi connectivity index (χ4n) is 3.26. The third-order valence-corrected chi connectivity index (χ3v) is 4.57. The van der Waals surface area contributed by atoms with Crippen molar-refractivity contribution < 1.29 is 19.2 Å². The molecule has 27 heavy (non-hydrogen) atoms. The average Bonchev–Trinajstić information content (AvgIpc) is 2.67. The van der Waals surface area contributed by atoms with Gasteiger partial charge in [0.1, 0.15) is 5.69 Å². The van der Waals surface area contributed by atoms with E-state index in [2.05, 4.69) is 5.32 Å². The summed E-state index contributed by atoms with van der Waals surface area (Å²) in [5.41, 5.74) is 2.81. The summed E-state index contributed by atoms with van der Waals surface area (Å²) in [7, 11) is 2.90. The Morgan fingerprint density at radius 1 is 1.15 bits per heavy atom. The normalized spacial score (nSPS) is 13.1. The number of nitro benzene ring substituents is 1. The average molecular weight is 371 g/mol. The molecule has 0 saturated heterocycles. The van der Waals surface area contributed by atoms with E-state index in [-0.39, 0.29) is 17.3 Å². The van der Waals surface area contributed by atoms with Crippen molar-refractivity contribution >= 4 is 28.7 Å². The van der Waals surface area contributed by atoms with E-state index < -0.39 is 4.92 Å². The van der Waals surface area contributed by atoms with Gasteiger partial charge in [0.05, 0.1) is 25.2 Å². The molecule has 0 bridgehead atoms. The third kappa shape index (κ3) is 3.51. The van der Waals surface area contributed by atoms with Crippen LogP contribution in [-0.2, 0) is 11.2 Å². The topological polar surface area (TPSA) is 93.9 Å². The SMILES string of the molecule is CCN1C(=O)CCc2cc(Nc3cc(OC)c(OC)cc3[N+](=O)[O-])ccc21. The Morgan fingerprint density at radius 3 is 2.48 bits per heavy atom. The molecular formula is C19H21N3O5. The second kappa shape index (κ2) is 7.53. The molecule has 1 aliphatic heterocycles. The zero-order chi connectivity index (χ0) is 19.6. The second-order valence-corrected chi connectivity index (χ2v) is 6.09. The predicted octanol–water partition coefficient (Wildman–Crippen LogP) is 3.65. The Kier molecular flexibility index (Phi) is 5.16. The molecule has 0 unspecified atom stereocenters. The number of aryl methyl sites for hydroxylation is 1. The van der Waals surface area contributed by atoms with Crippen LogP contribution in [0.3, 0.4) is 0 Å². The molecular weight excluding hydrogens is 350 g/mol. The molecule has 2 aromatic rings. The Bertz CT molecular complexity index is 897. The van der Waals surface area contributed by atoms with Gasteiger partial charge in [0.15, 0.2) is 11.5 Å². The Labute approximate surface area is 156 Å². The number of amides is 1. The van der Waals surface area contributed by atoms with Crippen molar-refractivity contribution in [2.24, 2.45) is 0 Å². The van der Waals surface area contributed by atoms with Crippen LogP contribution >= 0.6 is 0 Å². The van der Waals surface area contributed by atoms with Gasteiger partial charge < -0.3 is 19.7 Å². The molecule has 0 radical (unpaired) electrons. The molecule has 0 saturated carbocycles. The standard InChI is InChI=1S/C19H21N3O5/c1-4-21-15-7-6-13(9-12(15)5-8-19(21)23)20-14-10-17(26-2)18(27-3)11-16(14)22(24)25/h6-7,9-11,20H,4-5,8H2,1-3H3. The van der Waals surface area contributed by atoms with Crippen molar-refractivity contribution in [3.8, 4) is 11.5 Å². The van der Waals surface area contributed by atoms with Gasteiger partial charge in [0.25, 0.3) is 5.69 Å². The number of ether oxygens (including phenoxy) is 2. The highest BCUT2D eigenvalue weighted by Crippen LogP contribution is 2.39. The largest absolute Gasteiger partial charge is 0.493 e. The monoisotopic (exact) mass is 371 g/mol. The zero-order valence-corrected chi connectivity index (χ0v) is 15.4. The fraction of sp³-hybridized carbons (Fsp3) is 0.316. The van der Waals surface area contributed by atoms with Gasteiger partial charge in [-0.3, -0.25) is 14.9 Å². The van der Waals surface area contributed by atoms with Crippen LogP contribution in [0.4, 0.5) is 22.7 Å². The van der Waals surface area contributed by atoms with Crippen LogP contribution < -0.4 is 19.7 Å². The van der Waals surface area contributed by atoms with Crippen molar-refractivity contribution in [2.75, 3.05) is 31.0 Å². The molecule has 0 aliphatic carbocycles. The number of benzene rings is 2. The molecule has 8 nitrogen and oxygen atoms in total. The van der Waals surface area contributed by atoms with Gasteiger partial charge in [-0.1, -0.05) is 0 Å². The van der Waals surface area contributed by atoms with Gasteiger partial charge in [-0.2, -0.15) is 0 Å². The molecule has 142 valence electrons. The molecule has 0 fully saturated rings. The lowest BCUT2D eigenvalue weighted by Gasteiger charge is -2.28. The summed E-state index contributed by atoms with van der Waals surface area (Å²) in [6.45, 7) is 2.55. The van der Waals surface area contributed by atoms with Gasteiger partial charge in [0, 0.05) is 30.4 Å². The number of fused-ring (bicyclic) bond motifs is 1. The maximum absolute atomic E-state index is 12.0. The Morgan fingerprint density at radius 2 is 1.85 bits per heavy atom. The smallest absolute Gasteiger partial charge is 0.296 e. The van der Waals surface area contributed by atoms with Crippen LogP contribution in [0.1, 0.15) is 18.9 Å². The Hall–Kier alpha value is -3.29. The molecule has 8 heteroatoms. The number of anilines is 3. The molecule has 0 aromatic heterocycles. The highest BCUT2D eigenvalue weighted by molar-refractivity contribution is 5.96. The number of nitro groups is 1. The van der Waals surface area contributed by atoms with E-state index in [9.17, 15) is 14.9 Å². The molecule has 1 aliphatic rings. The summed E-state index contributed by atoms with van der Waals surface area (Å²) in [4.78, 5) is 24.8. The fourth-order valence-corrected chi connectivity index (χ4v) is 3.26. The molecule has 1 heterocycles. The summed E-state index contributed by atoms with van der Waals surface area (Å²) < 4.78 is 10.4. The summed E-state index contributed by atoms with van der Waals surface area (Å²) in [5, 5.41) is 14.5. The first-order valence-corrected chi connectivity index (χ1v) is 8.59. The number of methoxy groups -OCH3 is 2. The zero-order valence-electron chi connectivity index (χ0n) is 15.4. The number of hydrogen-bond donors (Lipinski definition) is 1. The van der Waals surface area contributed by atoms with Crippen molar-refractivity contribution in [1.29, 1.82) is 0 Å². The van der Waals surface area contributed by atoms with Crippen LogP contribution in [0.2, 0.25) is 0 Å². The van der Waals surface area contributed by atoms with Gasteiger partial charge >= 0.3 is 0 Å². The lowest BCUT2D eigenvalue weighted by molar-refractivity contribution is -0.384. The lowest BCUT2D eigenvalue weighted by Crippen LogP contribution is -2.34. The van der Waals surface area contributed by atoms with Crippen molar-refractivity contribution in [2.45, 2.75) is 19.8 Å². The first-order chi connectivity index (χ1) is 13.0. The summed E-state index contributed by atoms with van der Waals surface area (Å²) in [6, 6.07) is 8.46. The number of hydrogen-bond acceptors (Lipinski definition) is 6. The van der Waals surface area contributed by atoms with Gasteiger partial charge in [0.2, 0.25) is 5.91 Å². The van der Waals surface area contributed by atoms with Crippen LogP contribution in [-0.4, -0.2) is 31.6 Å². The first kappa shape index (κ1) is 18.5. The highest BCUT2D eigenvalue weighted by Gasteiger charge is 2.24. The summed E-state index contributed by atoms with van der Waals surface area (Å²) in [5.74, 6) is 0.796. The van der Waals surface area contributed by atoms with Crippen molar-refractivity contribution in [1.82, 2.24) is 0 Å². The van der Waals surface area contributed by atoms with Crippen LogP contribution in [0.15, 0.2) is 30.3 Å². The van der Waals surface area contributed by atoms with E-state index >= 15 is 0 Å². The highest BCUT2D eigenvalue weighted by atomic mass is 16.6. The van der Waals surface area contributed by atoms with E-state index in [1.54, 1.807) is 11.0 Å². The van der Waals surface area contributed by atoms with E-state index in [0.29, 0.717) is 36.5 Å². The Balaban J connectivity index is 1.98. The number of nitrogens with one attached hydrogen (secondary N) is 1. The van der Waals surface area contributed by atoms with E-state index in [0.717, 1.165) is 11.3 Å². The first-order valence-electron chi connectivity index (χ1n) is 8.59. The molecule has 3 rings (SSSR count). The molecule has 1 N–H and O–H groups in total. The lowest BCUT2D eigenvalue weighted by atomic mass is 10.0. The van der Waals surface area contributed by atoms with E-state index in [1.165, 1.54) is 26.4 Å². The minimum Gasteiger partial charge on any atom is -0.493 e. The van der Waals surface area contributed by atoms with Crippen molar-refractivity contribution in [3.63, 3.8) is 0 Å². The molecule has 0 atom stereocenters. The number of nitrogens with zero attached hydrogens (tertiary/aromatic N) is 2. The predicted molar refractivity (Wildman–Crippen MR) is 102 cm³/mol. The van der Waals surface area contributed by atoms with E-state index in [4.69, 9.17) is 9.47 Å². The van der Waals surface area contributed by atoms with Crippen LogP contribution in [0, 0.1) is 10.1 Å². The number of carbonyl (C=O) groups is 1. The molecule has 1 amide bonds. The second-order valence-electron chi connectivity index (χ2n) is 6.09. The molecule has 0 spiro atoms. The summed E-state index contributed by atoms with van der Waals surface area (Å²) in [6.07, 6.45) is 1.11. The van der Waals surface area contributed by atoms with Gasteiger partial charge in [-0.05, 0) is 37.1 Å². The minimum absolute atomic E-state index is 0.112. The van der Waals surface area contributed by atoms with Crippen LogP contribution in [0.5, 0.6) is 11.5 Å². The number of rotatable bonds is 6. The molecule has 2 aromatic carbocycles. The number of carbonyl (C=O) groups excluding carboxylic acids is 1.